The Kier molecular flexibility index (Phi) is 3.01. The van der Waals surface area contributed by atoms with Crippen LogP contribution in [0.2, 0.25) is 0 Å². The fraction of sp³-hybridized carbons (Fsp3) is 0.714. The second kappa shape index (κ2) is 5.00. The van der Waals surface area contributed by atoms with Gasteiger partial charge >= 0.3 is 0 Å². The molecule has 1 fully saturated rings. The molecule has 6 heteroatoms. The quantitative estimate of drug-likeness (QED) is 0.928. The molecular weight excluding hydrogens is 254 g/mol. The lowest BCUT2D eigenvalue weighted by molar-refractivity contribution is 0.346. The molecule has 4 rings (SSSR count). The predicted molar refractivity (Wildman–Crippen MR) is 71.1 cm³/mol. The zero-order valence-electron chi connectivity index (χ0n) is 11.5. The number of H-pyrrole nitrogens is 1. The van der Waals surface area contributed by atoms with Crippen LogP contribution in [0.15, 0.2) is 4.52 Å². The van der Waals surface area contributed by atoms with Crippen molar-refractivity contribution in [3.63, 3.8) is 0 Å². The fourth-order valence-electron chi connectivity index (χ4n) is 3.54. The molecule has 0 spiro atoms. The molecule has 1 saturated carbocycles. The minimum Gasteiger partial charge on any atom is -0.339 e. The highest BCUT2D eigenvalue weighted by atomic mass is 16.5. The predicted octanol–water partition coefficient (Wildman–Crippen LogP) is 2.39. The molecule has 106 valence electrons. The largest absolute Gasteiger partial charge is 0.339 e. The van der Waals surface area contributed by atoms with Gasteiger partial charge in [0.15, 0.2) is 5.82 Å². The average Bonchev–Trinajstić information content (AvgIpc) is 3.19. The van der Waals surface area contributed by atoms with Crippen molar-refractivity contribution in [3.8, 4) is 0 Å². The standard InChI is InChI=1S/C14H19N5O/c1-2-5-9(4-1)8-12-15-14(20-18-12)10-6-3-7-11-13(10)17-19-16-11/h9-10H,1-8H2,(H,16,17,19)/t10-/m0/s1. The molecule has 0 amide bonds. The van der Waals surface area contributed by atoms with E-state index < -0.39 is 0 Å². The Labute approximate surface area is 117 Å². The van der Waals surface area contributed by atoms with Crippen LogP contribution in [0.25, 0.3) is 0 Å². The molecule has 1 N–H and O–H groups in total. The van der Waals surface area contributed by atoms with Gasteiger partial charge in [-0.05, 0) is 25.2 Å². The summed E-state index contributed by atoms with van der Waals surface area (Å²) in [5, 5.41) is 15.3. The molecule has 2 aliphatic rings. The number of fused-ring (bicyclic) bond motifs is 1. The topological polar surface area (TPSA) is 80.5 Å². The maximum absolute atomic E-state index is 5.50. The summed E-state index contributed by atoms with van der Waals surface area (Å²) in [5.74, 6) is 2.45. The van der Waals surface area contributed by atoms with Gasteiger partial charge in [0.05, 0.1) is 17.3 Å². The highest BCUT2D eigenvalue weighted by Crippen LogP contribution is 2.34. The number of nitrogens with one attached hydrogen (secondary N) is 1. The summed E-state index contributed by atoms with van der Waals surface area (Å²) in [6.07, 6.45) is 9.38. The van der Waals surface area contributed by atoms with Gasteiger partial charge in [-0.3, -0.25) is 0 Å². The number of rotatable bonds is 3. The first-order chi connectivity index (χ1) is 9.90. The second-order valence-corrected chi connectivity index (χ2v) is 6.00. The number of aryl methyl sites for hydroxylation is 1. The molecule has 1 atom stereocenters. The maximum Gasteiger partial charge on any atom is 0.235 e. The highest BCUT2D eigenvalue weighted by Gasteiger charge is 2.30. The summed E-state index contributed by atoms with van der Waals surface area (Å²) in [6.45, 7) is 0. The van der Waals surface area contributed by atoms with E-state index in [1.165, 1.54) is 25.7 Å². The van der Waals surface area contributed by atoms with Crippen LogP contribution in [0.5, 0.6) is 0 Å². The van der Waals surface area contributed by atoms with E-state index in [4.69, 9.17) is 4.52 Å². The molecule has 0 bridgehead atoms. The van der Waals surface area contributed by atoms with Gasteiger partial charge in [0, 0.05) is 6.42 Å². The molecule has 6 nitrogen and oxygen atoms in total. The van der Waals surface area contributed by atoms with Crippen LogP contribution >= 0.6 is 0 Å². The number of aromatic amines is 1. The lowest BCUT2D eigenvalue weighted by Gasteiger charge is -2.15. The van der Waals surface area contributed by atoms with E-state index >= 15 is 0 Å². The summed E-state index contributed by atoms with van der Waals surface area (Å²) in [6, 6.07) is 0. The number of hydrogen-bond acceptors (Lipinski definition) is 5. The van der Waals surface area contributed by atoms with Gasteiger partial charge in [-0.1, -0.05) is 30.8 Å². The van der Waals surface area contributed by atoms with Crippen molar-refractivity contribution in [2.75, 3.05) is 0 Å². The van der Waals surface area contributed by atoms with E-state index in [2.05, 4.69) is 25.6 Å². The molecule has 0 radical (unpaired) electrons. The van der Waals surface area contributed by atoms with Crippen molar-refractivity contribution < 1.29 is 4.52 Å². The van der Waals surface area contributed by atoms with Crippen molar-refractivity contribution in [1.82, 2.24) is 25.6 Å². The number of hydrogen-bond donors (Lipinski definition) is 1. The molecule has 0 aromatic carbocycles. The summed E-state index contributed by atoms with van der Waals surface area (Å²) < 4.78 is 5.50. The van der Waals surface area contributed by atoms with Crippen molar-refractivity contribution in [2.24, 2.45) is 5.92 Å². The third kappa shape index (κ3) is 2.13. The van der Waals surface area contributed by atoms with Gasteiger partial charge in [0.2, 0.25) is 5.89 Å². The van der Waals surface area contributed by atoms with E-state index in [9.17, 15) is 0 Å². The molecule has 0 unspecified atom stereocenters. The molecule has 2 aliphatic carbocycles. The lowest BCUT2D eigenvalue weighted by atomic mass is 9.90. The second-order valence-electron chi connectivity index (χ2n) is 6.00. The third-order valence-electron chi connectivity index (χ3n) is 4.62. The van der Waals surface area contributed by atoms with Gasteiger partial charge in [-0.25, -0.2) is 0 Å². The van der Waals surface area contributed by atoms with Crippen molar-refractivity contribution in [3.05, 3.63) is 23.1 Å². The van der Waals surface area contributed by atoms with Crippen LogP contribution in [0.1, 0.15) is 67.5 Å². The number of aromatic nitrogens is 5. The minimum atomic E-state index is 0.127. The van der Waals surface area contributed by atoms with Crippen LogP contribution in [0, 0.1) is 5.92 Å². The van der Waals surface area contributed by atoms with Gasteiger partial charge in [0.1, 0.15) is 0 Å². The van der Waals surface area contributed by atoms with Gasteiger partial charge in [-0.15, -0.1) is 0 Å². The summed E-state index contributed by atoms with van der Waals surface area (Å²) in [5.41, 5.74) is 2.05. The Balaban J connectivity index is 1.54. The molecule has 2 aromatic rings. The van der Waals surface area contributed by atoms with Crippen molar-refractivity contribution >= 4 is 0 Å². The first-order valence-corrected chi connectivity index (χ1v) is 7.62. The Morgan fingerprint density at radius 2 is 2.00 bits per heavy atom. The zero-order valence-corrected chi connectivity index (χ0v) is 11.5. The van der Waals surface area contributed by atoms with Crippen LogP contribution < -0.4 is 0 Å². The van der Waals surface area contributed by atoms with Crippen molar-refractivity contribution in [2.45, 2.75) is 57.3 Å². The first kappa shape index (κ1) is 12.1. The Bertz CT molecular complexity index is 584. The molecule has 0 aliphatic heterocycles. The van der Waals surface area contributed by atoms with Crippen LogP contribution in [0.4, 0.5) is 0 Å². The molecule has 20 heavy (non-hydrogen) atoms. The summed E-state index contributed by atoms with van der Waals surface area (Å²) in [7, 11) is 0. The van der Waals surface area contributed by atoms with E-state index in [1.807, 2.05) is 0 Å². The molecular formula is C14H19N5O. The van der Waals surface area contributed by atoms with Gasteiger partial charge in [0.25, 0.3) is 0 Å². The van der Waals surface area contributed by atoms with Gasteiger partial charge < -0.3 is 4.52 Å². The Hall–Kier alpha value is -1.72. The number of nitrogens with zero attached hydrogens (tertiary/aromatic N) is 4. The zero-order chi connectivity index (χ0) is 13.4. The SMILES string of the molecule is C1CCC(Cc2noc([C@H]3CCCc4n[nH]nc43)n2)C1. The molecule has 2 aromatic heterocycles. The fourth-order valence-corrected chi connectivity index (χ4v) is 3.54. The first-order valence-electron chi connectivity index (χ1n) is 7.62. The van der Waals surface area contributed by atoms with Crippen molar-refractivity contribution in [1.29, 1.82) is 0 Å². The maximum atomic E-state index is 5.50. The monoisotopic (exact) mass is 273 g/mol. The summed E-state index contributed by atoms with van der Waals surface area (Å²) in [4.78, 5) is 4.62. The van der Waals surface area contributed by atoms with E-state index in [0.717, 1.165) is 48.8 Å². The molecule has 2 heterocycles. The minimum absolute atomic E-state index is 0.127. The lowest BCUT2D eigenvalue weighted by Crippen LogP contribution is -2.11. The normalized spacial score (nSPS) is 23.1. The highest BCUT2D eigenvalue weighted by molar-refractivity contribution is 5.23. The van der Waals surface area contributed by atoms with Crippen LogP contribution in [0.3, 0.4) is 0 Å². The van der Waals surface area contributed by atoms with Gasteiger partial charge in [-0.2, -0.15) is 20.4 Å². The van der Waals surface area contributed by atoms with E-state index in [-0.39, 0.29) is 5.92 Å². The Morgan fingerprint density at radius 3 is 2.90 bits per heavy atom. The van der Waals surface area contributed by atoms with Crippen LogP contribution in [-0.2, 0) is 12.8 Å². The molecule has 0 saturated heterocycles. The summed E-state index contributed by atoms with van der Waals surface area (Å²) >= 11 is 0. The van der Waals surface area contributed by atoms with E-state index in [0.29, 0.717) is 5.89 Å². The van der Waals surface area contributed by atoms with Crippen LogP contribution in [-0.4, -0.2) is 25.6 Å². The van der Waals surface area contributed by atoms with E-state index in [1.54, 1.807) is 0 Å². The smallest absolute Gasteiger partial charge is 0.235 e. The third-order valence-corrected chi connectivity index (χ3v) is 4.62. The Morgan fingerprint density at radius 1 is 1.10 bits per heavy atom. The average molecular weight is 273 g/mol.